The first-order chi connectivity index (χ1) is 7.72. The van der Waals surface area contributed by atoms with Crippen LogP contribution in [0.2, 0.25) is 0 Å². The lowest BCUT2D eigenvalue weighted by atomic mass is 9.95. The third-order valence-electron chi connectivity index (χ3n) is 3.73. The van der Waals surface area contributed by atoms with Crippen molar-refractivity contribution in [3.05, 3.63) is 18.2 Å². The molecule has 0 radical (unpaired) electrons. The molecule has 1 aliphatic rings. The highest BCUT2D eigenvalue weighted by Crippen LogP contribution is 2.38. The van der Waals surface area contributed by atoms with Gasteiger partial charge in [0.2, 0.25) is 0 Å². The van der Waals surface area contributed by atoms with Crippen molar-refractivity contribution in [2.24, 2.45) is 17.6 Å². The predicted molar refractivity (Wildman–Crippen MR) is 66.1 cm³/mol. The first kappa shape index (κ1) is 11.6. The van der Waals surface area contributed by atoms with Gasteiger partial charge in [0.25, 0.3) is 0 Å². The Morgan fingerprint density at radius 1 is 1.56 bits per heavy atom. The second-order valence-electron chi connectivity index (χ2n) is 5.10. The quantitative estimate of drug-likeness (QED) is 0.800. The fourth-order valence-corrected chi connectivity index (χ4v) is 2.34. The summed E-state index contributed by atoms with van der Waals surface area (Å²) in [6.07, 6.45) is 8.77. The van der Waals surface area contributed by atoms with Crippen LogP contribution in [-0.2, 0) is 13.0 Å². The van der Waals surface area contributed by atoms with Gasteiger partial charge >= 0.3 is 0 Å². The van der Waals surface area contributed by atoms with E-state index in [0.717, 1.165) is 31.1 Å². The van der Waals surface area contributed by atoms with Crippen molar-refractivity contribution in [2.45, 2.75) is 52.1 Å². The number of imidazole rings is 1. The van der Waals surface area contributed by atoms with E-state index in [9.17, 15) is 0 Å². The number of aromatic nitrogens is 2. The van der Waals surface area contributed by atoms with Gasteiger partial charge in [-0.2, -0.15) is 0 Å². The van der Waals surface area contributed by atoms with Crippen molar-refractivity contribution in [1.82, 2.24) is 9.55 Å². The Bertz CT molecular complexity index is 328. The van der Waals surface area contributed by atoms with Crippen LogP contribution in [0.25, 0.3) is 0 Å². The lowest BCUT2D eigenvalue weighted by Gasteiger charge is -2.19. The first-order valence-electron chi connectivity index (χ1n) is 6.48. The Morgan fingerprint density at radius 2 is 2.31 bits per heavy atom. The van der Waals surface area contributed by atoms with Gasteiger partial charge in [-0.25, -0.2) is 4.98 Å². The zero-order valence-electron chi connectivity index (χ0n) is 10.4. The van der Waals surface area contributed by atoms with Crippen molar-refractivity contribution in [3.8, 4) is 0 Å². The Hall–Kier alpha value is -0.830. The average molecular weight is 221 g/mol. The van der Waals surface area contributed by atoms with Crippen LogP contribution in [0, 0.1) is 11.8 Å². The fraction of sp³-hybridized carbons (Fsp3) is 0.769. The van der Waals surface area contributed by atoms with E-state index in [2.05, 4.69) is 29.6 Å². The number of rotatable bonds is 6. The van der Waals surface area contributed by atoms with E-state index in [-0.39, 0.29) is 6.04 Å². The van der Waals surface area contributed by atoms with Crippen LogP contribution in [0.3, 0.4) is 0 Å². The molecule has 0 aromatic carbocycles. The second kappa shape index (κ2) is 5.00. The molecule has 0 amide bonds. The molecule has 16 heavy (non-hydrogen) atoms. The number of aryl methyl sites for hydroxylation is 1. The van der Waals surface area contributed by atoms with Crippen LogP contribution in [0.5, 0.6) is 0 Å². The molecule has 1 heterocycles. The molecule has 1 aromatic heterocycles. The van der Waals surface area contributed by atoms with Crippen LogP contribution in [0.15, 0.2) is 12.4 Å². The van der Waals surface area contributed by atoms with Crippen LogP contribution >= 0.6 is 0 Å². The monoisotopic (exact) mass is 221 g/mol. The molecule has 2 rings (SSSR count). The highest BCUT2D eigenvalue weighted by Gasteiger charge is 2.32. The van der Waals surface area contributed by atoms with E-state index in [0.29, 0.717) is 5.92 Å². The van der Waals surface area contributed by atoms with Crippen LogP contribution in [0.1, 0.15) is 38.9 Å². The van der Waals surface area contributed by atoms with Crippen molar-refractivity contribution in [1.29, 1.82) is 0 Å². The summed E-state index contributed by atoms with van der Waals surface area (Å²) in [5, 5.41) is 0. The minimum atomic E-state index is 0.269. The molecule has 0 saturated heterocycles. The molecule has 2 unspecified atom stereocenters. The molecule has 3 nitrogen and oxygen atoms in total. The maximum Gasteiger partial charge on any atom is 0.110 e. The molecule has 1 aliphatic carbocycles. The minimum absolute atomic E-state index is 0.269. The second-order valence-corrected chi connectivity index (χ2v) is 5.10. The fourth-order valence-electron chi connectivity index (χ4n) is 2.34. The highest BCUT2D eigenvalue weighted by atomic mass is 15.1. The summed E-state index contributed by atoms with van der Waals surface area (Å²) >= 11 is 0. The number of nitrogens with two attached hydrogens (primary N) is 1. The third-order valence-corrected chi connectivity index (χ3v) is 3.73. The standard InChI is InChI=1S/C13H23N3/c1-3-7-16-8-6-15-13(16)9-12(14)10(2)11-4-5-11/h6,8,10-12H,3-5,7,9,14H2,1-2H3. The zero-order valence-corrected chi connectivity index (χ0v) is 10.4. The van der Waals surface area contributed by atoms with E-state index in [1.165, 1.54) is 12.8 Å². The zero-order chi connectivity index (χ0) is 11.5. The molecule has 2 atom stereocenters. The van der Waals surface area contributed by atoms with Gasteiger partial charge in [0.15, 0.2) is 0 Å². The highest BCUT2D eigenvalue weighted by molar-refractivity contribution is 4.97. The Morgan fingerprint density at radius 3 is 2.94 bits per heavy atom. The summed E-state index contributed by atoms with van der Waals surface area (Å²) in [5.74, 6) is 2.68. The molecule has 1 fully saturated rings. The van der Waals surface area contributed by atoms with Gasteiger partial charge < -0.3 is 10.3 Å². The summed E-state index contributed by atoms with van der Waals surface area (Å²) in [5.41, 5.74) is 6.26. The average Bonchev–Trinajstić information content (AvgIpc) is 3.03. The van der Waals surface area contributed by atoms with E-state index < -0.39 is 0 Å². The van der Waals surface area contributed by atoms with E-state index in [1.807, 2.05) is 6.20 Å². The molecule has 2 N–H and O–H groups in total. The Balaban J connectivity index is 1.93. The smallest absolute Gasteiger partial charge is 0.110 e. The van der Waals surface area contributed by atoms with Gasteiger partial charge in [-0.1, -0.05) is 13.8 Å². The van der Waals surface area contributed by atoms with Gasteiger partial charge in [-0.3, -0.25) is 0 Å². The van der Waals surface area contributed by atoms with Crippen molar-refractivity contribution < 1.29 is 0 Å². The van der Waals surface area contributed by atoms with Crippen LogP contribution in [0.4, 0.5) is 0 Å². The lowest BCUT2D eigenvalue weighted by molar-refractivity contribution is 0.394. The number of hydrogen-bond acceptors (Lipinski definition) is 2. The van der Waals surface area contributed by atoms with E-state index in [4.69, 9.17) is 5.73 Å². The molecular formula is C13H23N3. The molecule has 0 spiro atoms. The molecule has 1 aromatic rings. The summed E-state index contributed by atoms with van der Waals surface area (Å²) in [7, 11) is 0. The predicted octanol–water partition coefficient (Wildman–Crippen LogP) is 2.21. The van der Waals surface area contributed by atoms with Crippen molar-refractivity contribution >= 4 is 0 Å². The van der Waals surface area contributed by atoms with Crippen molar-refractivity contribution in [3.63, 3.8) is 0 Å². The topological polar surface area (TPSA) is 43.8 Å². The normalized spacial score (nSPS) is 19.7. The van der Waals surface area contributed by atoms with Gasteiger partial charge in [0.05, 0.1) is 0 Å². The summed E-state index contributed by atoms with van der Waals surface area (Å²) in [6, 6.07) is 0.269. The largest absolute Gasteiger partial charge is 0.335 e. The molecule has 3 heteroatoms. The lowest BCUT2D eigenvalue weighted by Crippen LogP contribution is -2.32. The van der Waals surface area contributed by atoms with Crippen molar-refractivity contribution in [2.75, 3.05) is 0 Å². The molecule has 0 aliphatic heterocycles. The van der Waals surface area contributed by atoms with Crippen LogP contribution in [-0.4, -0.2) is 15.6 Å². The summed E-state index contributed by atoms with van der Waals surface area (Å²) in [6.45, 7) is 5.53. The molecule has 0 bridgehead atoms. The Kier molecular flexibility index (Phi) is 3.64. The maximum atomic E-state index is 6.26. The molecule has 90 valence electrons. The maximum absolute atomic E-state index is 6.26. The third kappa shape index (κ3) is 2.64. The summed E-state index contributed by atoms with van der Waals surface area (Å²) < 4.78 is 2.24. The Labute approximate surface area is 98.1 Å². The number of nitrogens with zero attached hydrogens (tertiary/aromatic N) is 2. The van der Waals surface area contributed by atoms with Gasteiger partial charge in [-0.05, 0) is 31.1 Å². The minimum Gasteiger partial charge on any atom is -0.335 e. The first-order valence-corrected chi connectivity index (χ1v) is 6.48. The SMILES string of the molecule is CCCn1ccnc1CC(N)C(C)C1CC1. The van der Waals surface area contributed by atoms with Crippen LogP contribution < -0.4 is 5.73 Å². The molecule has 1 saturated carbocycles. The summed E-state index contributed by atoms with van der Waals surface area (Å²) in [4.78, 5) is 4.42. The van der Waals surface area contributed by atoms with Gasteiger partial charge in [-0.15, -0.1) is 0 Å². The van der Waals surface area contributed by atoms with E-state index in [1.54, 1.807) is 0 Å². The molecular weight excluding hydrogens is 198 g/mol. The number of hydrogen-bond donors (Lipinski definition) is 1. The van der Waals surface area contributed by atoms with Gasteiger partial charge in [0, 0.05) is 31.4 Å². The van der Waals surface area contributed by atoms with Gasteiger partial charge in [0.1, 0.15) is 5.82 Å². The van der Waals surface area contributed by atoms with E-state index >= 15 is 0 Å².